The molecule has 0 aromatic rings. The van der Waals surface area contributed by atoms with Crippen LogP contribution in [0, 0.1) is 0 Å². The summed E-state index contributed by atoms with van der Waals surface area (Å²) in [6, 6.07) is 0.778. The lowest BCUT2D eigenvalue weighted by Crippen LogP contribution is -2.34. The third kappa shape index (κ3) is 5.03. The molecule has 0 amide bonds. The van der Waals surface area contributed by atoms with Gasteiger partial charge in [0.2, 0.25) is 0 Å². The molecule has 2 N–H and O–H groups in total. The highest BCUT2D eigenvalue weighted by molar-refractivity contribution is 4.81. The molecule has 1 aliphatic carbocycles. The molecule has 0 atom stereocenters. The van der Waals surface area contributed by atoms with Gasteiger partial charge >= 0.3 is 0 Å². The minimum Gasteiger partial charge on any atom is -0.395 e. The fraction of sp³-hybridized carbons (Fsp3) is 0.800. The Hall–Kier alpha value is -0.380. The SMILES string of the molecule is C=CCN(CCO)CCNC1CC1. The zero-order chi connectivity index (χ0) is 9.52. The van der Waals surface area contributed by atoms with E-state index in [1.807, 2.05) is 6.08 Å². The third-order valence-corrected chi connectivity index (χ3v) is 2.24. The van der Waals surface area contributed by atoms with Crippen molar-refractivity contribution in [3.63, 3.8) is 0 Å². The molecule has 3 nitrogen and oxygen atoms in total. The molecule has 0 aromatic heterocycles. The minimum atomic E-state index is 0.233. The molecule has 0 spiro atoms. The van der Waals surface area contributed by atoms with Gasteiger partial charge in [0.1, 0.15) is 0 Å². The molecular formula is C10H20N2O. The molecule has 0 heterocycles. The van der Waals surface area contributed by atoms with Gasteiger partial charge in [0.25, 0.3) is 0 Å². The van der Waals surface area contributed by atoms with Crippen LogP contribution in [-0.2, 0) is 0 Å². The second-order valence-electron chi connectivity index (χ2n) is 3.54. The van der Waals surface area contributed by atoms with E-state index in [-0.39, 0.29) is 6.61 Å². The van der Waals surface area contributed by atoms with Crippen molar-refractivity contribution in [3.05, 3.63) is 12.7 Å². The Kier molecular flexibility index (Phi) is 5.05. The molecular weight excluding hydrogens is 164 g/mol. The summed E-state index contributed by atoms with van der Waals surface area (Å²) in [4.78, 5) is 2.20. The van der Waals surface area contributed by atoms with E-state index >= 15 is 0 Å². The Morgan fingerprint density at radius 1 is 1.46 bits per heavy atom. The van der Waals surface area contributed by atoms with Gasteiger partial charge in [0, 0.05) is 32.2 Å². The molecule has 0 unspecified atom stereocenters. The van der Waals surface area contributed by atoms with Crippen LogP contribution in [0.1, 0.15) is 12.8 Å². The van der Waals surface area contributed by atoms with E-state index < -0.39 is 0 Å². The van der Waals surface area contributed by atoms with Crippen molar-refractivity contribution in [2.24, 2.45) is 0 Å². The average Bonchev–Trinajstić information content (AvgIpc) is 2.89. The zero-order valence-corrected chi connectivity index (χ0v) is 8.21. The highest BCUT2D eigenvalue weighted by Crippen LogP contribution is 2.17. The van der Waals surface area contributed by atoms with E-state index in [0.29, 0.717) is 0 Å². The van der Waals surface area contributed by atoms with E-state index in [2.05, 4.69) is 16.8 Å². The van der Waals surface area contributed by atoms with Gasteiger partial charge in [-0.2, -0.15) is 0 Å². The normalized spacial score (nSPS) is 16.5. The quantitative estimate of drug-likeness (QED) is 0.530. The number of nitrogens with one attached hydrogen (secondary N) is 1. The largest absolute Gasteiger partial charge is 0.395 e. The number of aliphatic hydroxyl groups is 1. The molecule has 0 radical (unpaired) electrons. The smallest absolute Gasteiger partial charge is 0.0558 e. The van der Waals surface area contributed by atoms with Crippen LogP contribution in [0.4, 0.5) is 0 Å². The van der Waals surface area contributed by atoms with Crippen LogP contribution in [0.3, 0.4) is 0 Å². The first kappa shape index (κ1) is 10.7. The Balaban J connectivity index is 2.01. The topological polar surface area (TPSA) is 35.5 Å². The van der Waals surface area contributed by atoms with Gasteiger partial charge in [-0.25, -0.2) is 0 Å². The van der Waals surface area contributed by atoms with Gasteiger partial charge in [0.15, 0.2) is 0 Å². The van der Waals surface area contributed by atoms with Crippen molar-refractivity contribution in [2.75, 3.05) is 32.8 Å². The van der Waals surface area contributed by atoms with Crippen molar-refractivity contribution < 1.29 is 5.11 Å². The number of aliphatic hydroxyl groups excluding tert-OH is 1. The predicted octanol–water partition coefficient (Wildman–Crippen LogP) is 0.219. The van der Waals surface area contributed by atoms with E-state index in [9.17, 15) is 0 Å². The number of rotatable bonds is 8. The number of hydrogen-bond acceptors (Lipinski definition) is 3. The molecule has 1 saturated carbocycles. The molecule has 13 heavy (non-hydrogen) atoms. The highest BCUT2D eigenvalue weighted by atomic mass is 16.3. The monoisotopic (exact) mass is 184 g/mol. The lowest BCUT2D eigenvalue weighted by Gasteiger charge is -2.19. The van der Waals surface area contributed by atoms with Gasteiger partial charge in [-0.15, -0.1) is 6.58 Å². The van der Waals surface area contributed by atoms with E-state index in [1.54, 1.807) is 0 Å². The Labute approximate surface area is 80.4 Å². The van der Waals surface area contributed by atoms with Crippen LogP contribution in [0.25, 0.3) is 0 Å². The average molecular weight is 184 g/mol. The van der Waals surface area contributed by atoms with Crippen molar-refractivity contribution in [1.82, 2.24) is 10.2 Å². The van der Waals surface area contributed by atoms with Crippen molar-refractivity contribution in [3.8, 4) is 0 Å². The molecule has 3 heteroatoms. The minimum absolute atomic E-state index is 0.233. The van der Waals surface area contributed by atoms with Crippen molar-refractivity contribution in [2.45, 2.75) is 18.9 Å². The van der Waals surface area contributed by atoms with Crippen LogP contribution in [-0.4, -0.2) is 48.8 Å². The summed E-state index contributed by atoms with van der Waals surface area (Å²) in [6.07, 6.45) is 4.55. The summed E-state index contributed by atoms with van der Waals surface area (Å²) in [5, 5.41) is 12.2. The zero-order valence-electron chi connectivity index (χ0n) is 8.21. The first-order chi connectivity index (χ1) is 6.36. The second-order valence-corrected chi connectivity index (χ2v) is 3.54. The molecule has 0 saturated heterocycles. The van der Waals surface area contributed by atoms with Gasteiger partial charge in [-0.3, -0.25) is 4.90 Å². The van der Waals surface area contributed by atoms with E-state index in [4.69, 9.17) is 5.11 Å². The molecule has 0 aliphatic heterocycles. The van der Waals surface area contributed by atoms with E-state index in [0.717, 1.165) is 32.2 Å². The molecule has 1 fully saturated rings. The van der Waals surface area contributed by atoms with Gasteiger partial charge < -0.3 is 10.4 Å². The van der Waals surface area contributed by atoms with Crippen LogP contribution < -0.4 is 5.32 Å². The van der Waals surface area contributed by atoms with Gasteiger partial charge in [-0.1, -0.05) is 6.08 Å². The van der Waals surface area contributed by atoms with Crippen LogP contribution >= 0.6 is 0 Å². The summed E-state index contributed by atoms with van der Waals surface area (Å²) in [5.74, 6) is 0. The van der Waals surface area contributed by atoms with Crippen molar-refractivity contribution >= 4 is 0 Å². The lowest BCUT2D eigenvalue weighted by atomic mass is 10.4. The third-order valence-electron chi connectivity index (χ3n) is 2.24. The second kappa shape index (κ2) is 6.13. The molecule has 1 aliphatic rings. The maximum absolute atomic E-state index is 8.79. The summed E-state index contributed by atoms with van der Waals surface area (Å²) in [5.41, 5.74) is 0. The fourth-order valence-electron chi connectivity index (χ4n) is 1.33. The van der Waals surface area contributed by atoms with Crippen molar-refractivity contribution in [1.29, 1.82) is 0 Å². The van der Waals surface area contributed by atoms with E-state index in [1.165, 1.54) is 12.8 Å². The van der Waals surface area contributed by atoms with Crippen LogP contribution in [0.5, 0.6) is 0 Å². The molecule has 76 valence electrons. The summed E-state index contributed by atoms with van der Waals surface area (Å²) >= 11 is 0. The standard InChI is InChI=1S/C10H20N2O/c1-2-6-12(8-9-13)7-5-11-10-3-4-10/h2,10-11,13H,1,3-9H2. The van der Waals surface area contributed by atoms with Gasteiger partial charge in [0.05, 0.1) is 6.61 Å². The van der Waals surface area contributed by atoms with Gasteiger partial charge in [-0.05, 0) is 12.8 Å². The number of nitrogens with zero attached hydrogens (tertiary/aromatic N) is 1. The first-order valence-electron chi connectivity index (χ1n) is 5.04. The predicted molar refractivity (Wildman–Crippen MR) is 54.7 cm³/mol. The summed E-state index contributed by atoms with van der Waals surface area (Å²) < 4.78 is 0. The highest BCUT2D eigenvalue weighted by Gasteiger charge is 2.19. The Morgan fingerprint density at radius 2 is 2.23 bits per heavy atom. The summed E-state index contributed by atoms with van der Waals surface area (Å²) in [6.45, 7) is 7.57. The van der Waals surface area contributed by atoms with Crippen LogP contribution in [0.15, 0.2) is 12.7 Å². The maximum Gasteiger partial charge on any atom is 0.0558 e. The summed E-state index contributed by atoms with van der Waals surface area (Å²) in [7, 11) is 0. The molecule has 1 rings (SSSR count). The fourth-order valence-corrected chi connectivity index (χ4v) is 1.33. The number of hydrogen-bond donors (Lipinski definition) is 2. The first-order valence-corrected chi connectivity index (χ1v) is 5.04. The molecule has 0 aromatic carbocycles. The molecule has 0 bridgehead atoms. The maximum atomic E-state index is 8.79. The van der Waals surface area contributed by atoms with Crippen LogP contribution in [0.2, 0.25) is 0 Å². The Bertz CT molecular complexity index is 146. The lowest BCUT2D eigenvalue weighted by molar-refractivity contribution is 0.208. The Morgan fingerprint density at radius 3 is 2.77 bits per heavy atom.